The van der Waals surface area contributed by atoms with Crippen LogP contribution in [0, 0.1) is 6.92 Å². The number of nitrogens with zero attached hydrogens (tertiary/aromatic N) is 2. The Bertz CT molecular complexity index is 576. The van der Waals surface area contributed by atoms with Gasteiger partial charge < -0.3 is 19.9 Å². The molecule has 22 heavy (non-hydrogen) atoms. The molecule has 118 valence electrons. The van der Waals surface area contributed by atoms with Crippen LogP contribution in [0.15, 0.2) is 24.3 Å². The summed E-state index contributed by atoms with van der Waals surface area (Å²) in [5, 5.41) is 2.56. The van der Waals surface area contributed by atoms with Crippen LogP contribution in [0.4, 0.5) is 10.5 Å². The Morgan fingerprint density at radius 1 is 1.23 bits per heavy atom. The number of anilines is 1. The number of amides is 2. The SMILES string of the molecule is Cc1ccccc1N1CCCN(C(=O)[C@@H]2COC(=O)N2)CC1. The maximum Gasteiger partial charge on any atom is 0.407 e. The van der Waals surface area contributed by atoms with Crippen molar-refractivity contribution in [3.8, 4) is 0 Å². The van der Waals surface area contributed by atoms with Crippen LogP contribution >= 0.6 is 0 Å². The molecule has 1 N–H and O–H groups in total. The first-order valence-corrected chi connectivity index (χ1v) is 7.68. The minimum Gasteiger partial charge on any atom is -0.447 e. The summed E-state index contributed by atoms with van der Waals surface area (Å²) in [5.74, 6) is -0.0440. The van der Waals surface area contributed by atoms with Gasteiger partial charge in [0.1, 0.15) is 12.6 Å². The highest BCUT2D eigenvalue weighted by Gasteiger charge is 2.32. The molecule has 1 aromatic rings. The van der Waals surface area contributed by atoms with Gasteiger partial charge in [-0.05, 0) is 25.0 Å². The van der Waals surface area contributed by atoms with Crippen LogP contribution in [-0.4, -0.2) is 55.7 Å². The van der Waals surface area contributed by atoms with E-state index in [2.05, 4.69) is 29.3 Å². The molecule has 0 saturated carbocycles. The fourth-order valence-electron chi connectivity index (χ4n) is 3.04. The lowest BCUT2D eigenvalue weighted by Gasteiger charge is -2.25. The van der Waals surface area contributed by atoms with Crippen LogP contribution in [0.2, 0.25) is 0 Å². The molecule has 1 atom stereocenters. The molecule has 0 aliphatic carbocycles. The summed E-state index contributed by atoms with van der Waals surface area (Å²) < 4.78 is 4.81. The van der Waals surface area contributed by atoms with Crippen molar-refractivity contribution in [2.75, 3.05) is 37.7 Å². The maximum atomic E-state index is 12.4. The predicted octanol–water partition coefficient (Wildman–Crippen LogP) is 1.14. The van der Waals surface area contributed by atoms with E-state index in [1.807, 2.05) is 17.0 Å². The summed E-state index contributed by atoms with van der Waals surface area (Å²) in [6.07, 6.45) is 0.413. The van der Waals surface area contributed by atoms with Crippen molar-refractivity contribution in [3.63, 3.8) is 0 Å². The number of rotatable bonds is 2. The number of benzene rings is 1. The molecule has 1 aromatic carbocycles. The summed E-state index contributed by atoms with van der Waals surface area (Å²) in [7, 11) is 0. The topological polar surface area (TPSA) is 61.9 Å². The second-order valence-corrected chi connectivity index (χ2v) is 5.75. The number of aryl methyl sites for hydroxylation is 1. The summed E-state index contributed by atoms with van der Waals surface area (Å²) in [6.45, 7) is 5.36. The highest BCUT2D eigenvalue weighted by Crippen LogP contribution is 2.21. The van der Waals surface area contributed by atoms with E-state index in [-0.39, 0.29) is 12.5 Å². The van der Waals surface area contributed by atoms with Crippen LogP contribution in [0.3, 0.4) is 0 Å². The molecule has 6 heteroatoms. The van der Waals surface area contributed by atoms with Crippen molar-refractivity contribution in [1.29, 1.82) is 0 Å². The van der Waals surface area contributed by atoms with Crippen molar-refractivity contribution in [2.24, 2.45) is 0 Å². The van der Waals surface area contributed by atoms with Gasteiger partial charge in [-0.1, -0.05) is 18.2 Å². The Kier molecular flexibility index (Phi) is 4.18. The van der Waals surface area contributed by atoms with E-state index in [9.17, 15) is 9.59 Å². The van der Waals surface area contributed by atoms with E-state index >= 15 is 0 Å². The summed E-state index contributed by atoms with van der Waals surface area (Å²) in [5.41, 5.74) is 2.48. The van der Waals surface area contributed by atoms with Gasteiger partial charge in [-0.25, -0.2) is 4.79 Å². The average molecular weight is 303 g/mol. The number of hydrogen-bond acceptors (Lipinski definition) is 4. The second kappa shape index (κ2) is 6.25. The third-order valence-corrected chi connectivity index (χ3v) is 4.23. The van der Waals surface area contributed by atoms with Gasteiger partial charge in [0.25, 0.3) is 0 Å². The number of nitrogens with one attached hydrogen (secondary N) is 1. The number of para-hydroxylation sites is 1. The van der Waals surface area contributed by atoms with Gasteiger partial charge in [0.15, 0.2) is 0 Å². The van der Waals surface area contributed by atoms with Gasteiger partial charge in [-0.2, -0.15) is 0 Å². The third-order valence-electron chi connectivity index (χ3n) is 4.23. The summed E-state index contributed by atoms with van der Waals surface area (Å²) in [6, 6.07) is 7.78. The second-order valence-electron chi connectivity index (χ2n) is 5.75. The van der Waals surface area contributed by atoms with E-state index in [0.717, 1.165) is 19.5 Å². The van der Waals surface area contributed by atoms with E-state index in [4.69, 9.17) is 4.74 Å². The molecule has 2 aliphatic heterocycles. The highest BCUT2D eigenvalue weighted by atomic mass is 16.6. The first-order valence-electron chi connectivity index (χ1n) is 7.68. The molecule has 0 aromatic heterocycles. The Morgan fingerprint density at radius 3 is 2.77 bits per heavy atom. The van der Waals surface area contributed by atoms with Crippen LogP contribution in [-0.2, 0) is 9.53 Å². The number of carbonyl (C=O) groups excluding carboxylic acids is 2. The van der Waals surface area contributed by atoms with Crippen LogP contribution in [0.1, 0.15) is 12.0 Å². The van der Waals surface area contributed by atoms with Gasteiger partial charge in [-0.15, -0.1) is 0 Å². The molecule has 2 heterocycles. The lowest BCUT2D eigenvalue weighted by Crippen LogP contribution is -2.46. The normalized spacial score (nSPS) is 22.0. The van der Waals surface area contributed by atoms with Gasteiger partial charge in [0.2, 0.25) is 5.91 Å². The van der Waals surface area contributed by atoms with Crippen LogP contribution < -0.4 is 10.2 Å². The molecule has 0 bridgehead atoms. The van der Waals surface area contributed by atoms with Crippen LogP contribution in [0.5, 0.6) is 0 Å². The number of ether oxygens (including phenoxy) is 1. The van der Waals surface area contributed by atoms with Gasteiger partial charge in [0, 0.05) is 31.9 Å². The smallest absolute Gasteiger partial charge is 0.407 e. The molecule has 2 saturated heterocycles. The largest absolute Gasteiger partial charge is 0.447 e. The zero-order valence-corrected chi connectivity index (χ0v) is 12.7. The minimum atomic E-state index is -0.530. The predicted molar refractivity (Wildman–Crippen MR) is 82.9 cm³/mol. The molecule has 2 aliphatic rings. The van der Waals surface area contributed by atoms with E-state index in [0.29, 0.717) is 13.1 Å². The van der Waals surface area contributed by atoms with Crippen molar-refractivity contribution in [1.82, 2.24) is 10.2 Å². The first kappa shape index (κ1) is 14.7. The molecular formula is C16H21N3O3. The third kappa shape index (κ3) is 3.00. The van der Waals surface area contributed by atoms with E-state index in [1.54, 1.807) is 0 Å². The standard InChI is InChI=1S/C16H21N3O3/c1-12-5-2-3-6-14(12)18-7-4-8-19(10-9-18)15(20)13-11-22-16(21)17-13/h2-3,5-6,13H,4,7-11H2,1H3,(H,17,21)/t13-/m0/s1. The van der Waals surface area contributed by atoms with E-state index in [1.165, 1.54) is 11.3 Å². The molecule has 6 nitrogen and oxygen atoms in total. The number of hydrogen-bond donors (Lipinski definition) is 1. The highest BCUT2D eigenvalue weighted by molar-refractivity contribution is 5.88. The fraction of sp³-hybridized carbons (Fsp3) is 0.500. The molecule has 0 spiro atoms. The maximum absolute atomic E-state index is 12.4. The fourth-order valence-corrected chi connectivity index (χ4v) is 3.04. The van der Waals surface area contributed by atoms with Crippen molar-refractivity contribution >= 4 is 17.7 Å². The minimum absolute atomic E-state index is 0.0440. The Balaban J connectivity index is 1.64. The van der Waals surface area contributed by atoms with Crippen LogP contribution in [0.25, 0.3) is 0 Å². The Hall–Kier alpha value is -2.24. The first-order chi connectivity index (χ1) is 10.6. The van der Waals surface area contributed by atoms with Gasteiger partial charge in [0.05, 0.1) is 0 Å². The van der Waals surface area contributed by atoms with Crippen molar-refractivity contribution < 1.29 is 14.3 Å². The van der Waals surface area contributed by atoms with E-state index < -0.39 is 12.1 Å². The van der Waals surface area contributed by atoms with Crippen molar-refractivity contribution in [2.45, 2.75) is 19.4 Å². The lowest BCUT2D eigenvalue weighted by molar-refractivity contribution is -0.132. The molecule has 0 unspecified atom stereocenters. The Morgan fingerprint density at radius 2 is 2.05 bits per heavy atom. The Labute approximate surface area is 130 Å². The average Bonchev–Trinajstić information content (AvgIpc) is 2.81. The lowest BCUT2D eigenvalue weighted by atomic mass is 10.2. The number of cyclic esters (lactones) is 1. The quantitative estimate of drug-likeness (QED) is 0.890. The molecular weight excluding hydrogens is 282 g/mol. The zero-order valence-electron chi connectivity index (χ0n) is 12.7. The number of carbonyl (C=O) groups is 2. The zero-order chi connectivity index (χ0) is 15.5. The molecule has 3 rings (SSSR count). The number of alkyl carbamates (subject to hydrolysis) is 1. The van der Waals surface area contributed by atoms with Crippen molar-refractivity contribution in [3.05, 3.63) is 29.8 Å². The molecule has 2 amide bonds. The van der Waals surface area contributed by atoms with Gasteiger partial charge >= 0.3 is 6.09 Å². The summed E-state index contributed by atoms with van der Waals surface area (Å²) in [4.78, 5) is 27.6. The molecule has 0 radical (unpaired) electrons. The van der Waals surface area contributed by atoms with Gasteiger partial charge in [-0.3, -0.25) is 4.79 Å². The summed E-state index contributed by atoms with van der Waals surface area (Å²) >= 11 is 0. The molecule has 2 fully saturated rings. The monoisotopic (exact) mass is 303 g/mol.